The predicted molar refractivity (Wildman–Crippen MR) is 108 cm³/mol. The second kappa shape index (κ2) is 7.47. The van der Waals surface area contributed by atoms with Gasteiger partial charge in [-0.25, -0.2) is 9.78 Å². The highest BCUT2D eigenvalue weighted by Crippen LogP contribution is 2.39. The van der Waals surface area contributed by atoms with Crippen LogP contribution in [0.1, 0.15) is 44.6 Å². The predicted octanol–water partition coefficient (Wildman–Crippen LogP) is 4.39. The lowest BCUT2D eigenvalue weighted by molar-refractivity contribution is 0.0982. The van der Waals surface area contributed by atoms with Gasteiger partial charge in [-0.1, -0.05) is 11.6 Å². The number of H-pyrrole nitrogens is 1. The molecule has 0 aromatic carbocycles. The number of pyridine rings is 1. The maximum Gasteiger partial charge on any atom is 0.407 e. The fourth-order valence-electron chi connectivity index (χ4n) is 3.85. The highest BCUT2D eigenvalue weighted by molar-refractivity contribution is 6.38. The zero-order valence-electron chi connectivity index (χ0n) is 16.2. The first-order valence-corrected chi connectivity index (χ1v) is 9.92. The summed E-state index contributed by atoms with van der Waals surface area (Å²) in [4.78, 5) is 19.7. The van der Waals surface area contributed by atoms with Gasteiger partial charge < -0.3 is 15.0 Å². The molecule has 2 N–H and O–H groups in total. The molecule has 1 aliphatic carbocycles. The van der Waals surface area contributed by atoms with Crippen LogP contribution in [-0.2, 0) is 11.8 Å². The molecule has 3 aromatic rings. The highest BCUT2D eigenvalue weighted by atomic mass is 35.5. The number of nitrogens with one attached hydrogen (secondary N) is 2. The van der Waals surface area contributed by atoms with E-state index >= 15 is 0 Å². The van der Waals surface area contributed by atoms with Crippen molar-refractivity contribution in [3.8, 4) is 11.4 Å². The topological polar surface area (TPSA) is 84.8 Å². The van der Waals surface area contributed by atoms with Crippen LogP contribution in [-0.4, -0.2) is 38.0 Å². The average molecular weight is 402 g/mol. The van der Waals surface area contributed by atoms with Gasteiger partial charge in [-0.15, -0.1) is 0 Å². The molecule has 0 bridgehead atoms. The SMILES string of the molecule is CC(C)NC(=O)O[C@@H]1CC[C@H](c2cnc3[nH]c(-c4ccnn4C)c(Cl)c3c2)C1. The van der Waals surface area contributed by atoms with E-state index in [2.05, 4.69) is 26.4 Å². The lowest BCUT2D eigenvalue weighted by Crippen LogP contribution is -2.33. The molecule has 3 heterocycles. The van der Waals surface area contributed by atoms with Crippen molar-refractivity contribution in [3.63, 3.8) is 0 Å². The van der Waals surface area contributed by atoms with Gasteiger partial charge in [-0.2, -0.15) is 5.10 Å². The fourth-order valence-corrected chi connectivity index (χ4v) is 4.13. The number of alkyl carbamates (subject to hydrolysis) is 1. The lowest BCUT2D eigenvalue weighted by atomic mass is 9.98. The normalized spacial score (nSPS) is 19.5. The van der Waals surface area contributed by atoms with Crippen molar-refractivity contribution < 1.29 is 9.53 Å². The number of fused-ring (bicyclic) bond motifs is 1. The van der Waals surface area contributed by atoms with Crippen molar-refractivity contribution in [3.05, 3.63) is 35.1 Å². The zero-order chi connectivity index (χ0) is 19.8. The molecule has 1 fully saturated rings. The van der Waals surface area contributed by atoms with E-state index in [4.69, 9.17) is 16.3 Å². The van der Waals surface area contributed by atoms with Crippen LogP contribution in [0, 0.1) is 0 Å². The van der Waals surface area contributed by atoms with Gasteiger partial charge in [-0.05, 0) is 56.7 Å². The number of hydrogen-bond acceptors (Lipinski definition) is 4. The van der Waals surface area contributed by atoms with Gasteiger partial charge in [-0.3, -0.25) is 4.68 Å². The summed E-state index contributed by atoms with van der Waals surface area (Å²) in [5, 5.41) is 8.53. The summed E-state index contributed by atoms with van der Waals surface area (Å²) >= 11 is 6.66. The molecule has 1 amide bonds. The van der Waals surface area contributed by atoms with Crippen LogP contribution in [0.15, 0.2) is 24.5 Å². The fraction of sp³-hybridized carbons (Fsp3) is 0.450. The van der Waals surface area contributed by atoms with E-state index < -0.39 is 0 Å². The van der Waals surface area contributed by atoms with Crippen molar-refractivity contribution in [1.29, 1.82) is 0 Å². The van der Waals surface area contributed by atoms with Crippen LogP contribution < -0.4 is 5.32 Å². The first-order valence-electron chi connectivity index (χ1n) is 9.55. The molecule has 4 rings (SSSR count). The Kier molecular flexibility index (Phi) is 5.02. The van der Waals surface area contributed by atoms with Gasteiger partial charge in [0.15, 0.2) is 0 Å². The van der Waals surface area contributed by atoms with E-state index in [9.17, 15) is 4.79 Å². The zero-order valence-corrected chi connectivity index (χ0v) is 17.0. The molecule has 0 unspecified atom stereocenters. The number of rotatable bonds is 4. The van der Waals surface area contributed by atoms with Crippen molar-refractivity contribution in [2.75, 3.05) is 0 Å². The summed E-state index contributed by atoms with van der Waals surface area (Å²) in [5.74, 6) is 0.305. The van der Waals surface area contributed by atoms with Crippen molar-refractivity contribution >= 4 is 28.7 Å². The Balaban J connectivity index is 1.53. The van der Waals surface area contributed by atoms with Crippen LogP contribution in [0.4, 0.5) is 4.79 Å². The molecular weight excluding hydrogens is 378 g/mol. The van der Waals surface area contributed by atoms with Crippen molar-refractivity contribution in [2.24, 2.45) is 7.05 Å². The van der Waals surface area contributed by atoms with Crippen molar-refractivity contribution in [2.45, 2.75) is 51.2 Å². The lowest BCUT2D eigenvalue weighted by Gasteiger charge is -2.15. The minimum absolute atomic E-state index is 0.0638. The molecule has 28 heavy (non-hydrogen) atoms. The molecule has 8 heteroatoms. The second-order valence-corrected chi connectivity index (χ2v) is 8.03. The smallest absolute Gasteiger partial charge is 0.407 e. The van der Waals surface area contributed by atoms with E-state index in [1.54, 1.807) is 10.9 Å². The van der Waals surface area contributed by atoms with Crippen LogP contribution in [0.25, 0.3) is 22.4 Å². The molecule has 0 spiro atoms. The standard InChI is InChI=1S/C20H24ClN5O2/c1-11(2)24-20(27)28-14-5-4-12(8-14)13-9-15-17(21)18(25-19(15)22-10-13)16-6-7-23-26(16)3/h6-7,9-12,14H,4-5,8H2,1-3H3,(H,22,25)(H,24,27)/t12-,14+/m0/s1. The summed E-state index contributed by atoms with van der Waals surface area (Å²) in [6, 6.07) is 4.08. The first kappa shape index (κ1) is 18.8. The number of amides is 1. The van der Waals surface area contributed by atoms with Gasteiger partial charge in [0.25, 0.3) is 0 Å². The van der Waals surface area contributed by atoms with Gasteiger partial charge in [0, 0.05) is 30.9 Å². The van der Waals surface area contributed by atoms with Crippen LogP contribution in [0.3, 0.4) is 0 Å². The molecular formula is C20H24ClN5O2. The summed E-state index contributed by atoms with van der Waals surface area (Å²) in [6.07, 6.45) is 5.84. The molecule has 0 saturated heterocycles. The van der Waals surface area contributed by atoms with E-state index in [0.717, 1.165) is 47.2 Å². The van der Waals surface area contributed by atoms with Crippen molar-refractivity contribution in [1.82, 2.24) is 25.1 Å². The number of carbonyl (C=O) groups is 1. The number of halogens is 1. The number of nitrogens with zero attached hydrogens (tertiary/aromatic N) is 3. The number of ether oxygens (including phenoxy) is 1. The number of carbonyl (C=O) groups excluding carboxylic acids is 1. The summed E-state index contributed by atoms with van der Waals surface area (Å²) < 4.78 is 7.32. The Morgan fingerprint density at radius 3 is 2.96 bits per heavy atom. The molecule has 148 valence electrons. The van der Waals surface area contributed by atoms with Gasteiger partial charge in [0.05, 0.1) is 16.4 Å². The minimum atomic E-state index is -0.344. The van der Waals surface area contributed by atoms with E-state index in [-0.39, 0.29) is 18.2 Å². The number of aryl methyl sites for hydroxylation is 1. The molecule has 0 aliphatic heterocycles. The molecule has 0 radical (unpaired) electrons. The largest absolute Gasteiger partial charge is 0.446 e. The third-order valence-electron chi connectivity index (χ3n) is 5.22. The second-order valence-electron chi connectivity index (χ2n) is 7.66. The third kappa shape index (κ3) is 3.58. The van der Waals surface area contributed by atoms with Gasteiger partial charge in [0.1, 0.15) is 11.8 Å². The van der Waals surface area contributed by atoms with Crippen LogP contribution >= 0.6 is 11.6 Å². The quantitative estimate of drug-likeness (QED) is 0.679. The summed E-state index contributed by atoms with van der Waals surface area (Å²) in [7, 11) is 1.88. The Hall–Kier alpha value is -2.54. The average Bonchev–Trinajstić information content (AvgIpc) is 3.34. The van der Waals surface area contributed by atoms with Gasteiger partial charge in [0.2, 0.25) is 0 Å². The Labute approximate surface area is 168 Å². The highest BCUT2D eigenvalue weighted by Gasteiger charge is 2.29. The van der Waals surface area contributed by atoms with E-state index in [0.29, 0.717) is 10.9 Å². The number of aromatic nitrogens is 4. The van der Waals surface area contributed by atoms with Crippen LogP contribution in [0.2, 0.25) is 5.02 Å². The van der Waals surface area contributed by atoms with Gasteiger partial charge >= 0.3 is 6.09 Å². The van der Waals surface area contributed by atoms with E-state index in [1.807, 2.05) is 33.2 Å². The molecule has 1 saturated carbocycles. The molecule has 1 aliphatic rings. The number of aromatic amines is 1. The first-order chi connectivity index (χ1) is 13.4. The monoisotopic (exact) mass is 401 g/mol. The number of hydrogen-bond donors (Lipinski definition) is 2. The maximum atomic E-state index is 11.8. The molecule has 3 aromatic heterocycles. The maximum absolute atomic E-state index is 11.8. The Morgan fingerprint density at radius 2 is 2.25 bits per heavy atom. The molecule has 2 atom stereocenters. The minimum Gasteiger partial charge on any atom is -0.446 e. The summed E-state index contributed by atoms with van der Waals surface area (Å²) in [5.41, 5.74) is 3.61. The summed E-state index contributed by atoms with van der Waals surface area (Å²) in [6.45, 7) is 3.83. The Bertz CT molecular complexity index is 1010. The molecule has 7 nitrogen and oxygen atoms in total. The van der Waals surface area contributed by atoms with Crippen LogP contribution in [0.5, 0.6) is 0 Å². The third-order valence-corrected chi connectivity index (χ3v) is 5.61. The van der Waals surface area contributed by atoms with E-state index in [1.165, 1.54) is 0 Å². The Morgan fingerprint density at radius 1 is 1.43 bits per heavy atom.